The molecule has 0 aliphatic heterocycles. The molecule has 0 saturated carbocycles. The molecule has 30 heavy (non-hydrogen) atoms. The Morgan fingerprint density at radius 2 is 1.20 bits per heavy atom. The van der Waals surface area contributed by atoms with Crippen LogP contribution in [0.1, 0.15) is 71.9 Å². The third-order valence-electron chi connectivity index (χ3n) is 5.19. The minimum absolute atomic E-state index is 0. The Morgan fingerprint density at radius 3 is 1.60 bits per heavy atom. The second kappa shape index (κ2) is 14.5. The minimum atomic E-state index is 0. The summed E-state index contributed by atoms with van der Waals surface area (Å²) in [5, 5.41) is 0. The normalized spacial score (nSPS) is 12.1. The van der Waals surface area contributed by atoms with Gasteiger partial charge in [0.1, 0.15) is 0 Å². The maximum Gasteiger partial charge on any atom is 4.00 e. The third-order valence-corrected chi connectivity index (χ3v) is 5.19. The van der Waals surface area contributed by atoms with Gasteiger partial charge < -0.3 is 37.2 Å². The van der Waals surface area contributed by atoms with Crippen molar-refractivity contribution in [3.8, 4) is 0 Å². The molecule has 0 atom stereocenters. The zero-order valence-electron chi connectivity index (χ0n) is 18.6. The van der Waals surface area contributed by atoms with E-state index in [-0.39, 0.29) is 58.9 Å². The molecule has 0 fully saturated rings. The monoisotopic (exact) mass is 496 g/mol. The summed E-state index contributed by atoms with van der Waals surface area (Å²) < 4.78 is 0. The van der Waals surface area contributed by atoms with Crippen LogP contribution in [0.4, 0.5) is 0 Å². The molecule has 1 aliphatic carbocycles. The van der Waals surface area contributed by atoms with Crippen molar-refractivity contribution in [3.63, 3.8) is 0 Å². The topological polar surface area (TPSA) is 0 Å². The first-order valence-corrected chi connectivity index (χ1v) is 9.94. The van der Waals surface area contributed by atoms with Gasteiger partial charge in [-0.1, -0.05) is 91.3 Å². The number of hydrogen-bond donors (Lipinski definition) is 0. The van der Waals surface area contributed by atoms with Crippen LogP contribution in [-0.4, -0.2) is 0 Å². The van der Waals surface area contributed by atoms with Gasteiger partial charge in [-0.25, -0.2) is 17.7 Å². The van der Waals surface area contributed by atoms with E-state index in [1.807, 2.05) is 0 Å². The number of hydrogen-bond acceptors (Lipinski definition) is 0. The molecule has 0 radical (unpaired) electrons. The van der Waals surface area contributed by atoms with E-state index in [0.717, 1.165) is 12.8 Å². The molecule has 0 spiro atoms. The van der Waals surface area contributed by atoms with Crippen LogP contribution in [0.25, 0.3) is 0 Å². The molecule has 0 nitrogen and oxygen atoms in total. The van der Waals surface area contributed by atoms with Gasteiger partial charge in [0.15, 0.2) is 0 Å². The molecule has 0 N–H and O–H groups in total. The van der Waals surface area contributed by atoms with Crippen molar-refractivity contribution < 1.29 is 58.9 Å². The number of allylic oxidation sites excluding steroid dienone is 4. The van der Waals surface area contributed by atoms with Crippen molar-refractivity contribution in [1.29, 1.82) is 0 Å². The molecular weight excluding hydrogens is 467 g/mol. The van der Waals surface area contributed by atoms with Gasteiger partial charge in [-0.2, -0.15) is 5.57 Å². The average molecular weight is 498 g/mol. The molecule has 0 bridgehead atoms. The molecule has 0 amide bonds. The standard InChI is InChI=1S/C26H31.3ClH.Ti/c1-6-7-8-22-9-10-23(17-22)26(24-13-18(2)11-19(3)14-24)25-15-20(4)12-21(5)16-25;;;;/h9,11-16,26H,6-8,10H2,1-5H3;3*1H;/q-1;;;;+4/p-3. The largest absolute Gasteiger partial charge is 4.00 e. The van der Waals surface area contributed by atoms with E-state index in [4.69, 9.17) is 0 Å². The molecule has 3 rings (SSSR count). The van der Waals surface area contributed by atoms with Gasteiger partial charge in [0, 0.05) is 5.92 Å². The second-order valence-electron chi connectivity index (χ2n) is 7.96. The van der Waals surface area contributed by atoms with E-state index in [1.165, 1.54) is 57.4 Å². The van der Waals surface area contributed by atoms with E-state index in [2.05, 4.69) is 83.2 Å². The molecule has 1 aliphatic rings. The van der Waals surface area contributed by atoms with E-state index in [1.54, 1.807) is 0 Å². The summed E-state index contributed by atoms with van der Waals surface area (Å²) in [6.45, 7) is 11.1. The van der Waals surface area contributed by atoms with Gasteiger partial charge in [0.05, 0.1) is 0 Å². The molecule has 160 valence electrons. The fourth-order valence-corrected chi connectivity index (χ4v) is 4.21. The van der Waals surface area contributed by atoms with Crippen molar-refractivity contribution in [1.82, 2.24) is 0 Å². The number of unbranched alkanes of at least 4 members (excludes halogenated alkanes) is 1. The molecule has 2 aromatic rings. The van der Waals surface area contributed by atoms with Crippen molar-refractivity contribution in [2.75, 3.05) is 0 Å². The Morgan fingerprint density at radius 1 is 0.767 bits per heavy atom. The predicted octanol–water partition coefficient (Wildman–Crippen LogP) is -1.69. The van der Waals surface area contributed by atoms with Crippen LogP contribution < -0.4 is 37.2 Å². The quantitative estimate of drug-likeness (QED) is 0.330. The summed E-state index contributed by atoms with van der Waals surface area (Å²) in [6, 6.07) is 13.9. The van der Waals surface area contributed by atoms with Crippen molar-refractivity contribution >= 4 is 0 Å². The van der Waals surface area contributed by atoms with Crippen LogP contribution in [0.3, 0.4) is 0 Å². The maximum absolute atomic E-state index is 3.78. The minimum Gasteiger partial charge on any atom is -1.00 e. The van der Waals surface area contributed by atoms with E-state index in [9.17, 15) is 0 Å². The molecule has 0 unspecified atom stereocenters. The first-order chi connectivity index (χ1) is 12.5. The van der Waals surface area contributed by atoms with E-state index in [0.29, 0.717) is 5.92 Å². The Labute approximate surface area is 217 Å². The Bertz CT molecular complexity index is 777. The number of aryl methyl sites for hydroxylation is 4. The van der Waals surface area contributed by atoms with Gasteiger partial charge in [0.2, 0.25) is 0 Å². The van der Waals surface area contributed by atoms with E-state index < -0.39 is 0 Å². The molecule has 0 aromatic heterocycles. The third kappa shape index (κ3) is 8.21. The van der Waals surface area contributed by atoms with Gasteiger partial charge >= 0.3 is 21.7 Å². The average Bonchev–Trinajstić information content (AvgIpc) is 2.99. The summed E-state index contributed by atoms with van der Waals surface area (Å²) in [5.41, 5.74) is 11.0. The van der Waals surface area contributed by atoms with Crippen LogP contribution in [0.5, 0.6) is 0 Å². The summed E-state index contributed by atoms with van der Waals surface area (Å²) in [4.78, 5) is 0. The van der Waals surface area contributed by atoms with Crippen LogP contribution in [0, 0.1) is 33.8 Å². The molecular formula is C26H31Cl3Ti. The Balaban J connectivity index is 0. The Kier molecular flexibility index (Phi) is 15.4. The fourth-order valence-electron chi connectivity index (χ4n) is 4.21. The van der Waals surface area contributed by atoms with Crippen LogP contribution in [-0.2, 0) is 21.7 Å². The first-order valence-electron chi connectivity index (χ1n) is 9.94. The summed E-state index contributed by atoms with van der Waals surface area (Å²) >= 11 is 0. The van der Waals surface area contributed by atoms with Gasteiger partial charge in [-0.15, -0.1) is 0 Å². The Hall–Kier alpha value is -0.496. The smallest absolute Gasteiger partial charge is 1.00 e. The molecule has 4 heteroatoms. The molecule has 0 heterocycles. The van der Waals surface area contributed by atoms with Crippen LogP contribution >= 0.6 is 0 Å². The van der Waals surface area contributed by atoms with Gasteiger partial charge in [-0.05, 0) is 38.8 Å². The summed E-state index contributed by atoms with van der Waals surface area (Å²) in [6.07, 6.45) is 10.9. The molecule has 2 aromatic carbocycles. The zero-order valence-corrected chi connectivity index (χ0v) is 22.4. The predicted molar refractivity (Wildman–Crippen MR) is 113 cm³/mol. The maximum atomic E-state index is 3.78. The number of rotatable bonds is 6. The summed E-state index contributed by atoms with van der Waals surface area (Å²) in [5.74, 6) is 0.308. The summed E-state index contributed by atoms with van der Waals surface area (Å²) in [7, 11) is 0. The van der Waals surface area contributed by atoms with E-state index >= 15 is 0 Å². The first kappa shape index (κ1) is 31.7. The van der Waals surface area contributed by atoms with Gasteiger partial charge in [0.25, 0.3) is 0 Å². The number of halogens is 3. The van der Waals surface area contributed by atoms with Crippen molar-refractivity contribution in [3.05, 3.63) is 93.1 Å². The van der Waals surface area contributed by atoms with Gasteiger partial charge in [-0.3, -0.25) is 0 Å². The van der Waals surface area contributed by atoms with Crippen molar-refractivity contribution in [2.45, 2.75) is 66.2 Å². The van der Waals surface area contributed by atoms with Crippen LogP contribution in [0.15, 0.2) is 53.6 Å². The second-order valence-corrected chi connectivity index (χ2v) is 7.96. The van der Waals surface area contributed by atoms with Crippen LogP contribution in [0.2, 0.25) is 0 Å². The fraction of sp³-hybridized carbons (Fsp3) is 0.385. The SMILES string of the molecule is CCCCC1=CCC(C(c2cc(C)cc(C)c2)c2cc(C)cc(C)c2)=[C-]1.[Cl-].[Cl-].[Cl-].[Ti+4]. The number of benzene rings is 2. The van der Waals surface area contributed by atoms with Crippen molar-refractivity contribution in [2.24, 2.45) is 0 Å². The zero-order chi connectivity index (χ0) is 18.7. The molecule has 0 saturated heterocycles.